The van der Waals surface area contributed by atoms with Crippen LogP contribution in [0.15, 0.2) is 0 Å². The number of ketones is 1. The number of rotatable bonds is 1. The quantitative estimate of drug-likeness (QED) is 0.543. The molecule has 80 valence electrons. The van der Waals surface area contributed by atoms with Crippen LogP contribution < -0.4 is 0 Å². The molecule has 0 radical (unpaired) electrons. The van der Waals surface area contributed by atoms with E-state index in [4.69, 9.17) is 0 Å². The van der Waals surface area contributed by atoms with Gasteiger partial charge in [0, 0.05) is 12.8 Å². The monoisotopic (exact) mass is 226 g/mol. The van der Waals surface area contributed by atoms with Gasteiger partial charge in [0.15, 0.2) is 11.5 Å². The maximum absolute atomic E-state index is 11.7. The minimum absolute atomic E-state index is 0.0214. The van der Waals surface area contributed by atoms with Crippen molar-refractivity contribution in [2.24, 2.45) is 5.41 Å². The molecule has 0 spiro atoms. The summed E-state index contributed by atoms with van der Waals surface area (Å²) in [6.45, 7) is 3.94. The van der Waals surface area contributed by atoms with Gasteiger partial charge < -0.3 is 10.1 Å². The molecule has 6 heteroatoms. The van der Waals surface area contributed by atoms with Crippen molar-refractivity contribution in [3.63, 3.8) is 0 Å². The first-order valence-electron chi connectivity index (χ1n) is 4.56. The number of nitro groups is 1. The SMILES string of the molecule is CC1(C)CC(=O)c2sc([N+](=O)[O-])nc2C1. The van der Waals surface area contributed by atoms with Crippen molar-refractivity contribution in [2.75, 3.05) is 0 Å². The fraction of sp³-hybridized carbons (Fsp3) is 0.556. The highest BCUT2D eigenvalue weighted by atomic mass is 32.1. The Hall–Kier alpha value is -1.30. The minimum Gasteiger partial charge on any atom is -0.357 e. The normalized spacial score (nSPS) is 18.7. The Balaban J connectivity index is 2.47. The molecular weight excluding hydrogens is 216 g/mol. The zero-order chi connectivity index (χ0) is 11.2. The third-order valence-corrected chi connectivity index (χ3v) is 3.47. The van der Waals surface area contributed by atoms with E-state index in [9.17, 15) is 14.9 Å². The van der Waals surface area contributed by atoms with Crippen molar-refractivity contribution in [3.8, 4) is 0 Å². The van der Waals surface area contributed by atoms with Crippen LogP contribution in [-0.2, 0) is 6.42 Å². The molecule has 0 N–H and O–H groups in total. The number of fused-ring (bicyclic) bond motifs is 1. The lowest BCUT2D eigenvalue weighted by molar-refractivity contribution is -0.384. The maximum atomic E-state index is 11.7. The van der Waals surface area contributed by atoms with Crippen molar-refractivity contribution < 1.29 is 9.72 Å². The summed E-state index contributed by atoms with van der Waals surface area (Å²) in [6, 6.07) is 0. The van der Waals surface area contributed by atoms with E-state index in [1.807, 2.05) is 13.8 Å². The third kappa shape index (κ3) is 1.77. The van der Waals surface area contributed by atoms with Crippen LogP contribution in [0.2, 0.25) is 0 Å². The number of Topliss-reactive ketones (excluding diaryl/α,β-unsaturated/α-hetero) is 1. The summed E-state index contributed by atoms with van der Waals surface area (Å²) in [7, 11) is 0. The number of hydrogen-bond acceptors (Lipinski definition) is 5. The van der Waals surface area contributed by atoms with Gasteiger partial charge >= 0.3 is 5.13 Å². The number of aromatic nitrogens is 1. The van der Waals surface area contributed by atoms with E-state index < -0.39 is 4.92 Å². The second-order valence-electron chi connectivity index (χ2n) is 4.47. The van der Waals surface area contributed by atoms with E-state index in [-0.39, 0.29) is 16.3 Å². The van der Waals surface area contributed by atoms with E-state index in [0.717, 1.165) is 11.3 Å². The maximum Gasteiger partial charge on any atom is 0.424 e. The predicted octanol–water partition coefficient (Wildman–Crippen LogP) is 2.21. The molecule has 2 rings (SSSR count). The molecule has 0 saturated heterocycles. The molecule has 5 nitrogen and oxygen atoms in total. The van der Waals surface area contributed by atoms with Gasteiger partial charge in [0.25, 0.3) is 0 Å². The highest BCUT2D eigenvalue weighted by Gasteiger charge is 2.37. The Labute approximate surface area is 90.3 Å². The van der Waals surface area contributed by atoms with Gasteiger partial charge in [-0.1, -0.05) is 13.8 Å². The van der Waals surface area contributed by atoms with E-state index >= 15 is 0 Å². The first kappa shape index (κ1) is 10.2. The van der Waals surface area contributed by atoms with Gasteiger partial charge in [-0.2, -0.15) is 0 Å². The van der Waals surface area contributed by atoms with Crippen molar-refractivity contribution in [1.29, 1.82) is 0 Å². The first-order chi connectivity index (χ1) is 6.89. The number of carbonyl (C=O) groups excluding carboxylic acids is 1. The molecule has 1 aromatic heterocycles. The average Bonchev–Trinajstić information content (AvgIpc) is 2.45. The second kappa shape index (κ2) is 3.10. The minimum atomic E-state index is -0.538. The van der Waals surface area contributed by atoms with Crippen LogP contribution in [0.1, 0.15) is 35.6 Å². The van der Waals surface area contributed by atoms with Gasteiger partial charge in [-0.05, 0) is 26.7 Å². The lowest BCUT2D eigenvalue weighted by Gasteiger charge is -2.25. The summed E-state index contributed by atoms with van der Waals surface area (Å²) in [5.74, 6) is -0.0214. The van der Waals surface area contributed by atoms with Crippen LogP contribution in [0.25, 0.3) is 0 Å². The molecule has 15 heavy (non-hydrogen) atoms. The van der Waals surface area contributed by atoms with Gasteiger partial charge in [0.1, 0.15) is 4.88 Å². The molecular formula is C9H10N2O3S. The third-order valence-electron chi connectivity index (χ3n) is 2.38. The van der Waals surface area contributed by atoms with E-state index in [1.165, 1.54) is 0 Å². The molecule has 1 aliphatic rings. The summed E-state index contributed by atoms with van der Waals surface area (Å²) in [4.78, 5) is 26.0. The predicted molar refractivity (Wildman–Crippen MR) is 55.2 cm³/mol. The first-order valence-corrected chi connectivity index (χ1v) is 5.38. The summed E-state index contributed by atoms with van der Waals surface area (Å²) in [5.41, 5.74) is 0.458. The topological polar surface area (TPSA) is 73.1 Å². The van der Waals surface area contributed by atoms with E-state index in [2.05, 4.69) is 4.98 Å². The highest BCUT2D eigenvalue weighted by Crippen LogP contribution is 2.38. The van der Waals surface area contributed by atoms with Gasteiger partial charge in [0.2, 0.25) is 0 Å². The molecule has 0 aromatic carbocycles. The smallest absolute Gasteiger partial charge is 0.357 e. The van der Waals surface area contributed by atoms with Crippen molar-refractivity contribution in [3.05, 3.63) is 20.7 Å². The van der Waals surface area contributed by atoms with Gasteiger partial charge in [-0.15, -0.1) is 0 Å². The fourth-order valence-electron chi connectivity index (χ4n) is 1.79. The molecule has 1 heterocycles. The Morgan fingerprint density at radius 2 is 2.13 bits per heavy atom. The van der Waals surface area contributed by atoms with Crippen LogP contribution in [0.4, 0.5) is 5.13 Å². The highest BCUT2D eigenvalue weighted by molar-refractivity contribution is 7.16. The standard InChI is InChI=1S/C9H10N2O3S/c1-9(2)3-5-7(6(12)4-9)15-8(10-5)11(13)14/h3-4H2,1-2H3. The second-order valence-corrected chi connectivity index (χ2v) is 5.45. The van der Waals surface area contributed by atoms with Crippen molar-refractivity contribution >= 4 is 22.3 Å². The van der Waals surface area contributed by atoms with Crippen LogP contribution >= 0.6 is 11.3 Å². The molecule has 0 unspecified atom stereocenters. The molecule has 0 amide bonds. The lowest BCUT2D eigenvalue weighted by Crippen LogP contribution is -2.25. The van der Waals surface area contributed by atoms with Crippen LogP contribution in [-0.4, -0.2) is 15.7 Å². The average molecular weight is 226 g/mol. The van der Waals surface area contributed by atoms with Gasteiger partial charge in [-0.3, -0.25) is 4.79 Å². The summed E-state index contributed by atoms with van der Waals surface area (Å²) < 4.78 is 0. The molecule has 0 bridgehead atoms. The summed E-state index contributed by atoms with van der Waals surface area (Å²) in [6.07, 6.45) is 1.08. The van der Waals surface area contributed by atoms with Crippen LogP contribution in [0, 0.1) is 15.5 Å². The molecule has 0 fully saturated rings. The zero-order valence-corrected chi connectivity index (χ0v) is 9.26. The lowest BCUT2D eigenvalue weighted by atomic mass is 9.78. The number of nitrogens with zero attached hydrogens (tertiary/aromatic N) is 2. The van der Waals surface area contributed by atoms with E-state index in [1.54, 1.807) is 0 Å². The van der Waals surface area contributed by atoms with E-state index in [0.29, 0.717) is 23.4 Å². The number of thiazole rings is 1. The van der Waals surface area contributed by atoms with Crippen molar-refractivity contribution in [2.45, 2.75) is 26.7 Å². The molecule has 0 aliphatic heterocycles. The van der Waals surface area contributed by atoms with Gasteiger partial charge in [-0.25, -0.2) is 0 Å². The Kier molecular flexibility index (Phi) is 2.11. The zero-order valence-electron chi connectivity index (χ0n) is 8.44. The van der Waals surface area contributed by atoms with Crippen LogP contribution in [0.5, 0.6) is 0 Å². The summed E-state index contributed by atoms with van der Waals surface area (Å²) >= 11 is 0.893. The van der Waals surface area contributed by atoms with Crippen molar-refractivity contribution in [1.82, 2.24) is 4.98 Å². The Bertz CT molecular complexity index is 450. The molecule has 1 aliphatic carbocycles. The van der Waals surface area contributed by atoms with Crippen LogP contribution in [0.3, 0.4) is 0 Å². The largest absolute Gasteiger partial charge is 0.424 e. The number of carbonyl (C=O) groups is 1. The van der Waals surface area contributed by atoms with Gasteiger partial charge in [0.05, 0.1) is 0 Å². The molecule has 1 aromatic rings. The number of hydrogen-bond donors (Lipinski definition) is 0. The summed E-state index contributed by atoms with van der Waals surface area (Å²) in [5, 5.41) is 10.4. The molecule has 0 atom stereocenters. The molecule has 0 saturated carbocycles. The fourth-order valence-corrected chi connectivity index (χ4v) is 2.62. The Morgan fingerprint density at radius 1 is 1.47 bits per heavy atom. The Morgan fingerprint density at radius 3 is 2.73 bits per heavy atom.